The predicted molar refractivity (Wildman–Crippen MR) is 84.0 cm³/mol. The summed E-state index contributed by atoms with van der Waals surface area (Å²) in [4.78, 5) is 0.320. The summed E-state index contributed by atoms with van der Waals surface area (Å²) in [6.45, 7) is 2.25. The Hall–Kier alpha value is -0.800. The molecule has 2 atom stereocenters. The van der Waals surface area contributed by atoms with Gasteiger partial charge in [-0.15, -0.1) is 0 Å². The number of hydrogen-bond acceptors (Lipinski definition) is 2. The van der Waals surface area contributed by atoms with Gasteiger partial charge in [-0.05, 0) is 43.4 Å². The maximum atomic E-state index is 6.15. The molecule has 2 unspecified atom stereocenters. The Labute approximate surface area is 125 Å². The van der Waals surface area contributed by atoms with Gasteiger partial charge in [-0.3, -0.25) is 0 Å². The summed E-state index contributed by atoms with van der Waals surface area (Å²) in [6, 6.07) is 5.54. The molecule has 1 fully saturated rings. The molecule has 2 rings (SSSR count). The molecule has 0 spiro atoms. The third-order valence-electron chi connectivity index (χ3n) is 3.82. The first-order valence-electron chi connectivity index (χ1n) is 6.86. The molecular weight excluding hydrogens is 278 g/mol. The third kappa shape index (κ3) is 3.83. The van der Waals surface area contributed by atoms with Gasteiger partial charge in [-0.1, -0.05) is 43.6 Å². The Morgan fingerprint density at radius 2 is 2.26 bits per heavy atom. The van der Waals surface area contributed by atoms with Crippen LogP contribution in [0.3, 0.4) is 0 Å². The average molecular weight is 298 g/mol. The predicted octanol–water partition coefficient (Wildman–Crippen LogP) is 4.32. The van der Waals surface area contributed by atoms with Crippen molar-refractivity contribution in [2.24, 2.45) is 11.7 Å². The Bertz CT molecular complexity index is 463. The van der Waals surface area contributed by atoms with Crippen molar-refractivity contribution in [3.8, 4) is 5.75 Å². The zero-order chi connectivity index (χ0) is 13.8. The van der Waals surface area contributed by atoms with Crippen LogP contribution < -0.4 is 10.5 Å². The number of thiocarbonyl (C=S) groups is 1. The summed E-state index contributed by atoms with van der Waals surface area (Å²) in [5.41, 5.74) is 6.30. The van der Waals surface area contributed by atoms with Gasteiger partial charge in [0.25, 0.3) is 0 Å². The summed E-state index contributed by atoms with van der Waals surface area (Å²) in [5, 5.41) is 0.563. The number of nitrogens with two attached hydrogens (primary N) is 1. The smallest absolute Gasteiger partial charge is 0.121 e. The molecule has 0 aliphatic heterocycles. The largest absolute Gasteiger partial charge is 0.490 e. The van der Waals surface area contributed by atoms with Gasteiger partial charge in [0, 0.05) is 5.56 Å². The lowest BCUT2D eigenvalue weighted by Gasteiger charge is -2.29. The number of halogens is 1. The molecular formula is C15H20ClNOS. The molecule has 1 aliphatic rings. The summed E-state index contributed by atoms with van der Waals surface area (Å²) >= 11 is 11.1. The van der Waals surface area contributed by atoms with E-state index in [1.165, 1.54) is 19.3 Å². The van der Waals surface area contributed by atoms with Gasteiger partial charge >= 0.3 is 0 Å². The van der Waals surface area contributed by atoms with Gasteiger partial charge in [-0.2, -0.15) is 0 Å². The van der Waals surface area contributed by atoms with E-state index in [-0.39, 0.29) is 0 Å². The number of benzene rings is 1. The summed E-state index contributed by atoms with van der Waals surface area (Å²) in [6.07, 6.45) is 6.40. The quantitative estimate of drug-likeness (QED) is 0.841. The Morgan fingerprint density at radius 1 is 1.47 bits per heavy atom. The van der Waals surface area contributed by atoms with Gasteiger partial charge in [0.15, 0.2) is 0 Å². The van der Waals surface area contributed by atoms with Gasteiger partial charge in [-0.25, -0.2) is 0 Å². The molecule has 0 radical (unpaired) electrons. The highest BCUT2D eigenvalue weighted by atomic mass is 35.5. The van der Waals surface area contributed by atoms with Crippen molar-refractivity contribution in [3.63, 3.8) is 0 Å². The first-order chi connectivity index (χ1) is 9.10. The fraction of sp³-hybridized carbons (Fsp3) is 0.533. The summed E-state index contributed by atoms with van der Waals surface area (Å²) in [7, 11) is 0. The highest BCUT2D eigenvalue weighted by molar-refractivity contribution is 7.80. The van der Waals surface area contributed by atoms with Crippen LogP contribution >= 0.6 is 23.8 Å². The van der Waals surface area contributed by atoms with Crippen LogP contribution in [0.25, 0.3) is 0 Å². The van der Waals surface area contributed by atoms with Crippen LogP contribution in [0.2, 0.25) is 5.02 Å². The minimum Gasteiger partial charge on any atom is -0.490 e. The SMILES string of the molecule is CCC1CCCC(Oc2ccc(C(N)=S)c(Cl)c2)C1. The van der Waals surface area contributed by atoms with Crippen molar-refractivity contribution in [3.05, 3.63) is 28.8 Å². The molecule has 0 heterocycles. The van der Waals surface area contributed by atoms with Crippen molar-refractivity contribution in [1.29, 1.82) is 0 Å². The Morgan fingerprint density at radius 3 is 2.89 bits per heavy atom. The zero-order valence-electron chi connectivity index (χ0n) is 11.2. The first kappa shape index (κ1) is 14.6. The molecule has 0 aromatic heterocycles. The average Bonchev–Trinajstić information content (AvgIpc) is 2.38. The lowest BCUT2D eigenvalue weighted by atomic mass is 9.85. The molecule has 2 N–H and O–H groups in total. The molecule has 4 heteroatoms. The second-order valence-electron chi connectivity index (χ2n) is 5.19. The number of rotatable bonds is 4. The number of ether oxygens (including phenoxy) is 1. The van der Waals surface area contributed by atoms with Crippen LogP contribution in [0.1, 0.15) is 44.6 Å². The van der Waals surface area contributed by atoms with Crippen molar-refractivity contribution < 1.29 is 4.74 Å². The monoisotopic (exact) mass is 297 g/mol. The maximum absolute atomic E-state index is 6.15. The van der Waals surface area contributed by atoms with E-state index < -0.39 is 0 Å². The van der Waals surface area contributed by atoms with E-state index in [2.05, 4.69) is 6.92 Å². The third-order valence-corrected chi connectivity index (χ3v) is 4.35. The lowest BCUT2D eigenvalue weighted by Crippen LogP contribution is -2.25. The number of hydrogen-bond donors (Lipinski definition) is 1. The molecule has 19 heavy (non-hydrogen) atoms. The molecule has 2 nitrogen and oxygen atoms in total. The fourth-order valence-corrected chi connectivity index (χ4v) is 3.19. The molecule has 1 aromatic rings. The maximum Gasteiger partial charge on any atom is 0.121 e. The van der Waals surface area contributed by atoms with Crippen molar-refractivity contribution in [2.45, 2.75) is 45.1 Å². The van der Waals surface area contributed by atoms with Crippen LogP contribution in [-0.2, 0) is 0 Å². The minimum absolute atomic E-state index is 0.311. The van der Waals surface area contributed by atoms with Crippen molar-refractivity contribution in [2.75, 3.05) is 0 Å². The topological polar surface area (TPSA) is 35.2 Å². The van der Waals surface area contributed by atoms with E-state index in [0.717, 1.165) is 24.5 Å². The molecule has 0 saturated heterocycles. The van der Waals surface area contributed by atoms with Crippen LogP contribution in [-0.4, -0.2) is 11.1 Å². The van der Waals surface area contributed by atoms with Gasteiger partial charge < -0.3 is 10.5 Å². The summed E-state index contributed by atoms with van der Waals surface area (Å²) in [5.74, 6) is 1.61. The van der Waals surface area contributed by atoms with Crippen LogP contribution in [0, 0.1) is 5.92 Å². The van der Waals surface area contributed by atoms with Crippen LogP contribution in [0.4, 0.5) is 0 Å². The molecule has 1 saturated carbocycles. The minimum atomic E-state index is 0.311. The molecule has 0 amide bonds. The highest BCUT2D eigenvalue weighted by Gasteiger charge is 2.22. The lowest BCUT2D eigenvalue weighted by molar-refractivity contribution is 0.122. The van der Waals surface area contributed by atoms with Crippen molar-refractivity contribution in [1.82, 2.24) is 0 Å². The first-order valence-corrected chi connectivity index (χ1v) is 7.64. The Kier molecular flexibility index (Phi) is 5.06. The van der Waals surface area contributed by atoms with Gasteiger partial charge in [0.2, 0.25) is 0 Å². The van der Waals surface area contributed by atoms with Crippen LogP contribution in [0.5, 0.6) is 5.75 Å². The second kappa shape index (κ2) is 6.58. The normalized spacial score (nSPS) is 23.1. The van der Waals surface area contributed by atoms with E-state index in [4.69, 9.17) is 34.3 Å². The van der Waals surface area contributed by atoms with E-state index >= 15 is 0 Å². The highest BCUT2D eigenvalue weighted by Crippen LogP contribution is 2.31. The van der Waals surface area contributed by atoms with E-state index in [1.54, 1.807) is 0 Å². The van der Waals surface area contributed by atoms with E-state index in [1.807, 2.05) is 18.2 Å². The summed E-state index contributed by atoms with van der Waals surface area (Å²) < 4.78 is 6.03. The fourth-order valence-electron chi connectivity index (χ4n) is 2.68. The Balaban J connectivity index is 2.03. The second-order valence-corrected chi connectivity index (χ2v) is 6.03. The standard InChI is InChI=1S/C15H20ClNOS/c1-2-10-4-3-5-11(8-10)18-12-6-7-13(15(17)19)14(16)9-12/h6-7,9-11H,2-5,8H2,1H3,(H2,17,19). The molecule has 0 bridgehead atoms. The van der Waals surface area contributed by atoms with Gasteiger partial charge in [0.05, 0.1) is 11.1 Å². The van der Waals surface area contributed by atoms with Crippen molar-refractivity contribution >= 4 is 28.8 Å². The molecule has 1 aromatic carbocycles. The zero-order valence-corrected chi connectivity index (χ0v) is 12.8. The van der Waals surface area contributed by atoms with Gasteiger partial charge in [0.1, 0.15) is 10.7 Å². The molecule has 104 valence electrons. The van der Waals surface area contributed by atoms with E-state index in [9.17, 15) is 0 Å². The van der Waals surface area contributed by atoms with E-state index in [0.29, 0.717) is 21.7 Å². The molecule has 1 aliphatic carbocycles. The van der Waals surface area contributed by atoms with Crippen LogP contribution in [0.15, 0.2) is 18.2 Å².